The SMILES string of the molecule is COc1ccc([C@H](NC(=O)CNC(=O)c2ccc3c(c2)OCO3)c2nccn2C)cc1. The molecule has 2 amide bonds. The Balaban J connectivity index is 1.43. The highest BCUT2D eigenvalue weighted by Crippen LogP contribution is 2.32. The van der Waals surface area contributed by atoms with Crippen LogP contribution in [0.15, 0.2) is 54.9 Å². The number of carbonyl (C=O) groups excluding carboxylic acids is 2. The van der Waals surface area contributed by atoms with Crippen molar-refractivity contribution in [2.24, 2.45) is 7.05 Å². The highest BCUT2D eigenvalue weighted by molar-refractivity contribution is 5.97. The van der Waals surface area contributed by atoms with Crippen LogP contribution in [0.1, 0.15) is 27.8 Å². The van der Waals surface area contributed by atoms with Gasteiger partial charge >= 0.3 is 0 Å². The first kappa shape index (κ1) is 20.3. The second-order valence-electron chi connectivity index (χ2n) is 6.92. The van der Waals surface area contributed by atoms with E-state index >= 15 is 0 Å². The zero-order chi connectivity index (χ0) is 21.8. The number of aromatic nitrogens is 2. The van der Waals surface area contributed by atoms with E-state index in [-0.39, 0.29) is 25.2 Å². The number of imidazole rings is 1. The average molecular weight is 422 g/mol. The third kappa shape index (κ3) is 4.45. The first-order valence-corrected chi connectivity index (χ1v) is 9.63. The Labute approximate surface area is 178 Å². The summed E-state index contributed by atoms with van der Waals surface area (Å²) in [5.74, 6) is 1.74. The Bertz CT molecular complexity index is 1090. The normalized spacial score (nSPS) is 12.8. The van der Waals surface area contributed by atoms with Crippen molar-refractivity contribution in [2.45, 2.75) is 6.04 Å². The van der Waals surface area contributed by atoms with Gasteiger partial charge in [-0.05, 0) is 35.9 Å². The Morgan fingerprint density at radius 3 is 2.65 bits per heavy atom. The molecular formula is C22H22N4O5. The van der Waals surface area contributed by atoms with Gasteiger partial charge in [0.15, 0.2) is 11.5 Å². The van der Waals surface area contributed by atoms with Gasteiger partial charge < -0.3 is 29.4 Å². The Hall–Kier alpha value is -4.01. The van der Waals surface area contributed by atoms with Crippen LogP contribution in [0, 0.1) is 0 Å². The Morgan fingerprint density at radius 2 is 1.94 bits per heavy atom. The van der Waals surface area contributed by atoms with Gasteiger partial charge in [-0.2, -0.15) is 0 Å². The molecule has 0 saturated carbocycles. The zero-order valence-electron chi connectivity index (χ0n) is 17.1. The number of hydrogen-bond acceptors (Lipinski definition) is 6. The number of aryl methyl sites for hydroxylation is 1. The molecule has 9 nitrogen and oxygen atoms in total. The van der Waals surface area contributed by atoms with Gasteiger partial charge in [0.2, 0.25) is 12.7 Å². The number of carbonyl (C=O) groups is 2. The fourth-order valence-corrected chi connectivity index (χ4v) is 3.26. The van der Waals surface area contributed by atoms with Crippen molar-refractivity contribution >= 4 is 11.8 Å². The minimum atomic E-state index is -0.485. The number of nitrogens with zero attached hydrogens (tertiary/aromatic N) is 2. The minimum absolute atomic E-state index is 0.128. The van der Waals surface area contributed by atoms with E-state index in [0.717, 1.165) is 5.56 Å². The molecule has 160 valence electrons. The molecule has 3 aromatic rings. The summed E-state index contributed by atoms with van der Waals surface area (Å²) in [7, 11) is 3.45. The summed E-state index contributed by atoms with van der Waals surface area (Å²) in [6.45, 7) is -0.0624. The van der Waals surface area contributed by atoms with E-state index in [1.807, 2.05) is 35.9 Å². The van der Waals surface area contributed by atoms with Gasteiger partial charge in [-0.25, -0.2) is 4.98 Å². The summed E-state index contributed by atoms with van der Waals surface area (Å²) < 4.78 is 17.6. The molecule has 1 aliphatic heterocycles. The van der Waals surface area contributed by atoms with E-state index in [1.165, 1.54) is 0 Å². The lowest BCUT2D eigenvalue weighted by Crippen LogP contribution is -2.39. The van der Waals surface area contributed by atoms with Crippen LogP contribution >= 0.6 is 0 Å². The van der Waals surface area contributed by atoms with Crippen molar-refractivity contribution in [2.75, 3.05) is 20.4 Å². The number of ether oxygens (including phenoxy) is 3. The highest BCUT2D eigenvalue weighted by atomic mass is 16.7. The molecule has 0 fully saturated rings. The predicted octanol–water partition coefficient (Wildman–Crippen LogP) is 1.79. The smallest absolute Gasteiger partial charge is 0.251 e. The van der Waals surface area contributed by atoms with E-state index in [1.54, 1.807) is 37.7 Å². The third-order valence-electron chi connectivity index (χ3n) is 4.92. The maximum Gasteiger partial charge on any atom is 0.251 e. The number of fused-ring (bicyclic) bond motifs is 1. The second kappa shape index (κ2) is 8.78. The number of nitrogens with one attached hydrogen (secondary N) is 2. The fourth-order valence-electron chi connectivity index (χ4n) is 3.26. The first-order chi connectivity index (χ1) is 15.0. The van der Waals surface area contributed by atoms with Crippen LogP contribution in [0.25, 0.3) is 0 Å². The lowest BCUT2D eigenvalue weighted by atomic mass is 10.1. The van der Waals surface area contributed by atoms with E-state index in [0.29, 0.717) is 28.6 Å². The largest absolute Gasteiger partial charge is 0.497 e. The Kier molecular flexibility index (Phi) is 5.74. The van der Waals surface area contributed by atoms with E-state index < -0.39 is 6.04 Å². The predicted molar refractivity (Wildman–Crippen MR) is 111 cm³/mol. The molecule has 1 aliphatic rings. The summed E-state index contributed by atoms with van der Waals surface area (Å²) in [5.41, 5.74) is 1.22. The maximum absolute atomic E-state index is 12.6. The average Bonchev–Trinajstić information content (AvgIpc) is 3.44. The number of benzene rings is 2. The first-order valence-electron chi connectivity index (χ1n) is 9.63. The van der Waals surface area contributed by atoms with Crippen molar-refractivity contribution in [1.29, 1.82) is 0 Å². The number of hydrogen-bond donors (Lipinski definition) is 2. The summed E-state index contributed by atoms with van der Waals surface area (Å²) in [5, 5.41) is 5.57. The molecule has 0 aliphatic carbocycles. The van der Waals surface area contributed by atoms with Crippen LogP contribution in [0.3, 0.4) is 0 Å². The molecule has 0 unspecified atom stereocenters. The van der Waals surface area contributed by atoms with Gasteiger partial charge in [-0.3, -0.25) is 9.59 Å². The molecule has 0 bridgehead atoms. The van der Waals surface area contributed by atoms with Crippen molar-refractivity contribution in [3.63, 3.8) is 0 Å². The Morgan fingerprint density at radius 1 is 1.16 bits per heavy atom. The maximum atomic E-state index is 12.6. The molecule has 31 heavy (non-hydrogen) atoms. The minimum Gasteiger partial charge on any atom is -0.497 e. The topological polar surface area (TPSA) is 104 Å². The summed E-state index contributed by atoms with van der Waals surface area (Å²) in [4.78, 5) is 29.5. The number of amides is 2. The van der Waals surface area contributed by atoms with Crippen LogP contribution in [-0.2, 0) is 11.8 Å². The molecule has 4 rings (SSSR count). The summed E-state index contributed by atoms with van der Waals surface area (Å²) in [6.07, 6.45) is 3.47. The van der Waals surface area contributed by atoms with Crippen LogP contribution < -0.4 is 24.8 Å². The molecule has 2 heterocycles. The van der Waals surface area contributed by atoms with Crippen molar-refractivity contribution in [3.8, 4) is 17.2 Å². The van der Waals surface area contributed by atoms with Gasteiger partial charge in [-0.1, -0.05) is 12.1 Å². The molecule has 1 atom stereocenters. The molecule has 0 radical (unpaired) electrons. The van der Waals surface area contributed by atoms with Crippen LogP contribution in [0.5, 0.6) is 17.2 Å². The van der Waals surface area contributed by atoms with Gasteiger partial charge in [0.1, 0.15) is 17.6 Å². The van der Waals surface area contributed by atoms with E-state index in [2.05, 4.69) is 15.6 Å². The van der Waals surface area contributed by atoms with Crippen molar-refractivity contribution < 1.29 is 23.8 Å². The van der Waals surface area contributed by atoms with Crippen molar-refractivity contribution in [1.82, 2.24) is 20.2 Å². The fraction of sp³-hybridized carbons (Fsp3) is 0.227. The van der Waals surface area contributed by atoms with Gasteiger partial charge in [-0.15, -0.1) is 0 Å². The quantitative estimate of drug-likeness (QED) is 0.602. The van der Waals surface area contributed by atoms with Crippen LogP contribution in [-0.4, -0.2) is 41.8 Å². The standard InChI is InChI=1S/C22H22N4O5/c1-26-10-9-23-21(26)20(14-3-6-16(29-2)7-4-14)25-19(27)12-24-22(28)15-5-8-17-18(11-15)31-13-30-17/h3-11,20H,12-13H2,1-2H3,(H,24,28)(H,25,27)/t20-/m0/s1. The summed E-state index contributed by atoms with van der Waals surface area (Å²) in [6, 6.07) is 11.8. The molecule has 0 spiro atoms. The van der Waals surface area contributed by atoms with E-state index in [9.17, 15) is 9.59 Å². The molecule has 2 aromatic carbocycles. The van der Waals surface area contributed by atoms with Gasteiger partial charge in [0.25, 0.3) is 5.91 Å². The zero-order valence-corrected chi connectivity index (χ0v) is 17.1. The van der Waals surface area contributed by atoms with Crippen LogP contribution in [0.2, 0.25) is 0 Å². The number of methoxy groups -OCH3 is 1. The second-order valence-corrected chi connectivity index (χ2v) is 6.92. The van der Waals surface area contributed by atoms with Crippen molar-refractivity contribution in [3.05, 3.63) is 71.8 Å². The third-order valence-corrected chi connectivity index (χ3v) is 4.92. The lowest BCUT2D eigenvalue weighted by Gasteiger charge is -2.19. The van der Waals surface area contributed by atoms with E-state index in [4.69, 9.17) is 14.2 Å². The lowest BCUT2D eigenvalue weighted by molar-refractivity contribution is -0.120. The molecule has 9 heteroatoms. The highest BCUT2D eigenvalue weighted by Gasteiger charge is 2.22. The van der Waals surface area contributed by atoms with Gasteiger partial charge in [0.05, 0.1) is 13.7 Å². The van der Waals surface area contributed by atoms with Crippen LogP contribution in [0.4, 0.5) is 0 Å². The molecule has 2 N–H and O–H groups in total. The molecular weight excluding hydrogens is 400 g/mol. The van der Waals surface area contributed by atoms with Gasteiger partial charge in [0, 0.05) is 25.0 Å². The molecule has 0 saturated heterocycles. The molecule has 1 aromatic heterocycles. The number of rotatable bonds is 7. The summed E-state index contributed by atoms with van der Waals surface area (Å²) >= 11 is 0. The monoisotopic (exact) mass is 422 g/mol.